The van der Waals surface area contributed by atoms with Gasteiger partial charge in [0.2, 0.25) is 5.75 Å². The summed E-state index contributed by atoms with van der Waals surface area (Å²) in [6.45, 7) is -0.543. The first-order chi connectivity index (χ1) is 7.95. The molecule has 0 spiro atoms. The largest absolute Gasteiger partial charge is 0.477 e. The van der Waals surface area contributed by atoms with Crippen LogP contribution in [0.2, 0.25) is 0 Å². The van der Waals surface area contributed by atoms with E-state index in [0.29, 0.717) is 0 Å². The molecule has 0 radical (unpaired) electrons. The summed E-state index contributed by atoms with van der Waals surface area (Å²) in [7, 11) is 0. The number of nitrogens with two attached hydrogens (primary N) is 1. The van der Waals surface area contributed by atoms with Crippen molar-refractivity contribution in [1.82, 2.24) is 5.43 Å². The van der Waals surface area contributed by atoms with Gasteiger partial charge in [0.15, 0.2) is 6.61 Å². The predicted octanol–water partition coefficient (Wildman–Crippen LogP) is 0.865. The van der Waals surface area contributed by atoms with Crippen molar-refractivity contribution < 1.29 is 18.8 Å². The van der Waals surface area contributed by atoms with Crippen LogP contribution in [0.3, 0.4) is 0 Å². The number of nitro benzene ring substituents is 1. The third kappa shape index (κ3) is 3.36. The van der Waals surface area contributed by atoms with Gasteiger partial charge in [0.05, 0.1) is 9.40 Å². The molecule has 0 saturated heterocycles. The lowest BCUT2D eigenvalue weighted by Crippen LogP contribution is -2.34. The highest BCUT2D eigenvalue weighted by atomic mass is 79.9. The second kappa shape index (κ2) is 5.55. The summed E-state index contributed by atoms with van der Waals surface area (Å²) in [5.74, 6) is 3.02. The number of hydrazine groups is 1. The molecule has 92 valence electrons. The Morgan fingerprint density at radius 1 is 1.65 bits per heavy atom. The molecule has 1 aromatic carbocycles. The van der Waals surface area contributed by atoms with Gasteiger partial charge in [0, 0.05) is 12.1 Å². The molecule has 0 aliphatic heterocycles. The van der Waals surface area contributed by atoms with Crippen molar-refractivity contribution >= 4 is 27.5 Å². The van der Waals surface area contributed by atoms with Crippen LogP contribution in [-0.4, -0.2) is 17.4 Å². The number of nitrogens with one attached hydrogen (secondary N) is 1. The Hall–Kier alpha value is -1.74. The van der Waals surface area contributed by atoms with Crippen LogP contribution in [0.4, 0.5) is 10.1 Å². The molecule has 9 heteroatoms. The topological polar surface area (TPSA) is 107 Å². The summed E-state index contributed by atoms with van der Waals surface area (Å²) < 4.78 is 17.9. The smallest absolute Gasteiger partial charge is 0.312 e. The van der Waals surface area contributed by atoms with Gasteiger partial charge in [0.25, 0.3) is 5.91 Å². The molecule has 17 heavy (non-hydrogen) atoms. The van der Waals surface area contributed by atoms with Crippen LogP contribution in [0.15, 0.2) is 16.6 Å². The minimum absolute atomic E-state index is 0.0696. The number of hydrogen-bond donors (Lipinski definition) is 2. The van der Waals surface area contributed by atoms with Gasteiger partial charge < -0.3 is 4.74 Å². The molecular formula is C8H7BrFN3O4. The van der Waals surface area contributed by atoms with Crippen molar-refractivity contribution in [1.29, 1.82) is 0 Å². The van der Waals surface area contributed by atoms with Gasteiger partial charge in [-0.1, -0.05) is 0 Å². The van der Waals surface area contributed by atoms with Gasteiger partial charge in [-0.2, -0.15) is 0 Å². The number of nitrogens with zero attached hydrogens (tertiary/aromatic N) is 1. The Balaban J connectivity index is 3.00. The maximum atomic E-state index is 13.2. The van der Waals surface area contributed by atoms with Crippen LogP contribution < -0.4 is 16.0 Å². The van der Waals surface area contributed by atoms with E-state index in [2.05, 4.69) is 15.9 Å². The quantitative estimate of drug-likeness (QED) is 0.371. The highest BCUT2D eigenvalue weighted by molar-refractivity contribution is 9.10. The fourth-order valence-corrected chi connectivity index (χ4v) is 1.29. The van der Waals surface area contributed by atoms with Crippen LogP contribution in [0.25, 0.3) is 0 Å². The number of nitro groups is 1. The number of halogens is 2. The van der Waals surface area contributed by atoms with Crippen LogP contribution in [0, 0.1) is 15.9 Å². The monoisotopic (exact) mass is 307 g/mol. The van der Waals surface area contributed by atoms with Gasteiger partial charge in [-0.05, 0) is 15.9 Å². The Labute approximate surface area is 103 Å². The van der Waals surface area contributed by atoms with E-state index in [0.717, 1.165) is 12.1 Å². The number of carbonyl (C=O) groups excluding carboxylic acids is 1. The fourth-order valence-electron chi connectivity index (χ4n) is 0.961. The molecule has 1 aromatic rings. The number of carbonyl (C=O) groups is 1. The number of hydrogen-bond acceptors (Lipinski definition) is 5. The van der Waals surface area contributed by atoms with E-state index < -0.39 is 28.9 Å². The van der Waals surface area contributed by atoms with Gasteiger partial charge in [-0.15, -0.1) is 0 Å². The summed E-state index contributed by atoms with van der Waals surface area (Å²) in [6.07, 6.45) is 0. The molecule has 0 heterocycles. The van der Waals surface area contributed by atoms with Crippen LogP contribution >= 0.6 is 15.9 Å². The highest BCUT2D eigenvalue weighted by Gasteiger charge is 2.19. The normalized spacial score (nSPS) is 9.82. The molecule has 0 unspecified atom stereocenters. The van der Waals surface area contributed by atoms with Gasteiger partial charge >= 0.3 is 5.69 Å². The predicted molar refractivity (Wildman–Crippen MR) is 58.6 cm³/mol. The average Bonchev–Trinajstić information content (AvgIpc) is 2.29. The van der Waals surface area contributed by atoms with E-state index in [1.165, 1.54) is 0 Å². The molecule has 0 aliphatic carbocycles. The number of rotatable bonds is 4. The van der Waals surface area contributed by atoms with Gasteiger partial charge in [0.1, 0.15) is 5.82 Å². The fraction of sp³-hybridized carbons (Fsp3) is 0.125. The molecule has 1 amide bonds. The standard InChI is InChI=1S/C8H7BrFN3O4/c9-4-1-6(13(15)16)7(2-5(4)10)17-3-8(14)12-11/h1-2H,3,11H2,(H,12,14). The lowest BCUT2D eigenvalue weighted by molar-refractivity contribution is -0.385. The molecule has 0 saturated carbocycles. The van der Waals surface area contributed by atoms with E-state index in [1.54, 1.807) is 5.43 Å². The summed E-state index contributed by atoms with van der Waals surface area (Å²) in [5.41, 5.74) is 1.32. The van der Waals surface area contributed by atoms with Crippen LogP contribution in [0.1, 0.15) is 0 Å². The molecule has 1 rings (SSSR count). The zero-order chi connectivity index (χ0) is 13.0. The summed E-state index contributed by atoms with van der Waals surface area (Å²) in [6, 6.07) is 1.76. The minimum atomic E-state index is -0.750. The van der Waals surface area contributed by atoms with E-state index in [9.17, 15) is 19.3 Å². The highest BCUT2D eigenvalue weighted by Crippen LogP contribution is 2.32. The SMILES string of the molecule is NNC(=O)COc1cc(F)c(Br)cc1[N+](=O)[O-]. The molecule has 0 aliphatic rings. The van der Waals surface area contributed by atoms with Crippen molar-refractivity contribution in [2.75, 3.05) is 6.61 Å². The third-order valence-electron chi connectivity index (χ3n) is 1.72. The number of benzene rings is 1. The summed E-state index contributed by atoms with van der Waals surface area (Å²) >= 11 is 2.81. The minimum Gasteiger partial charge on any atom is -0.477 e. The van der Waals surface area contributed by atoms with Crippen molar-refractivity contribution in [2.24, 2.45) is 5.84 Å². The van der Waals surface area contributed by atoms with Crippen molar-refractivity contribution in [3.8, 4) is 5.75 Å². The maximum Gasteiger partial charge on any atom is 0.312 e. The van der Waals surface area contributed by atoms with E-state index >= 15 is 0 Å². The van der Waals surface area contributed by atoms with Gasteiger partial charge in [-0.25, -0.2) is 10.2 Å². The van der Waals surface area contributed by atoms with E-state index in [1.807, 2.05) is 0 Å². The second-order valence-corrected chi connectivity index (χ2v) is 3.70. The number of ether oxygens (including phenoxy) is 1. The Morgan fingerprint density at radius 2 is 2.29 bits per heavy atom. The molecule has 0 aromatic heterocycles. The first kappa shape index (κ1) is 13.3. The Kier molecular flexibility index (Phi) is 4.35. The Morgan fingerprint density at radius 3 is 2.82 bits per heavy atom. The van der Waals surface area contributed by atoms with Crippen LogP contribution in [-0.2, 0) is 4.79 Å². The first-order valence-corrected chi connectivity index (χ1v) is 5.00. The molecule has 0 bridgehead atoms. The lowest BCUT2D eigenvalue weighted by Gasteiger charge is -2.06. The molecule has 3 N–H and O–H groups in total. The Bertz CT molecular complexity index is 468. The lowest BCUT2D eigenvalue weighted by atomic mass is 10.3. The number of amides is 1. The van der Waals surface area contributed by atoms with E-state index in [4.69, 9.17) is 10.6 Å². The maximum absolute atomic E-state index is 13.2. The zero-order valence-corrected chi connectivity index (χ0v) is 9.86. The van der Waals surface area contributed by atoms with Gasteiger partial charge in [-0.3, -0.25) is 20.3 Å². The van der Waals surface area contributed by atoms with Crippen molar-refractivity contribution in [2.45, 2.75) is 0 Å². The molecule has 7 nitrogen and oxygen atoms in total. The summed E-state index contributed by atoms with van der Waals surface area (Å²) in [4.78, 5) is 20.7. The third-order valence-corrected chi connectivity index (χ3v) is 2.33. The van der Waals surface area contributed by atoms with Crippen LogP contribution in [0.5, 0.6) is 5.75 Å². The van der Waals surface area contributed by atoms with Crippen molar-refractivity contribution in [3.05, 3.63) is 32.5 Å². The second-order valence-electron chi connectivity index (χ2n) is 2.85. The first-order valence-electron chi connectivity index (χ1n) is 4.21. The molecule has 0 fully saturated rings. The molecular weight excluding hydrogens is 301 g/mol. The van der Waals surface area contributed by atoms with E-state index in [-0.39, 0.29) is 10.2 Å². The average molecular weight is 308 g/mol. The zero-order valence-electron chi connectivity index (χ0n) is 8.28. The molecule has 0 atom stereocenters. The summed E-state index contributed by atoms with van der Waals surface area (Å²) in [5, 5.41) is 10.7. The van der Waals surface area contributed by atoms with Crippen molar-refractivity contribution in [3.63, 3.8) is 0 Å².